The van der Waals surface area contributed by atoms with Gasteiger partial charge in [0.05, 0.1) is 0 Å². The van der Waals surface area contributed by atoms with Gasteiger partial charge in [-0.1, -0.05) is 0 Å². The van der Waals surface area contributed by atoms with Gasteiger partial charge in [0.1, 0.15) is 0 Å². The summed E-state index contributed by atoms with van der Waals surface area (Å²) in [5.74, 6) is -8.50. The molecule has 0 unspecified atom stereocenters. The fraction of sp³-hybridized carbons (Fsp3) is 0.0769. The predicted molar refractivity (Wildman–Crippen MR) is 80.2 cm³/mol. The molecule has 0 spiro atoms. The molecule has 0 aromatic heterocycles. The SMILES string of the molecule is C[Si](OC(=O)/C=C/C(=O)O)(OC(=O)/C=C/C(=O)O)OC(=O)/C=C/C(=O)O. The smallest absolute Gasteiger partial charge is 0.478 e. The van der Waals surface area contributed by atoms with E-state index in [9.17, 15) is 28.8 Å². The third kappa shape index (κ3) is 10.9. The maximum atomic E-state index is 11.5. The summed E-state index contributed by atoms with van der Waals surface area (Å²) in [4.78, 5) is 65.6. The third-order valence-corrected chi connectivity index (χ3v) is 3.66. The molecule has 0 bridgehead atoms. The van der Waals surface area contributed by atoms with Crippen LogP contribution in [0.2, 0.25) is 6.55 Å². The molecule has 12 nitrogen and oxygen atoms in total. The molecule has 0 rings (SSSR count). The predicted octanol–water partition coefficient (Wildman–Crippen LogP) is -0.893. The molecule has 0 fully saturated rings. The van der Waals surface area contributed by atoms with E-state index in [1.54, 1.807) is 0 Å². The topological polar surface area (TPSA) is 191 Å². The van der Waals surface area contributed by atoms with Crippen LogP contribution >= 0.6 is 0 Å². The largest absolute Gasteiger partial charge is 0.702 e. The van der Waals surface area contributed by atoms with Gasteiger partial charge in [-0.05, 0) is 0 Å². The van der Waals surface area contributed by atoms with Crippen molar-refractivity contribution >= 4 is 44.6 Å². The lowest BCUT2D eigenvalue weighted by molar-refractivity contribution is -0.145. The van der Waals surface area contributed by atoms with Crippen LogP contribution in [-0.2, 0) is 42.0 Å². The summed E-state index contributed by atoms with van der Waals surface area (Å²) in [5.41, 5.74) is 0. The molecule has 0 heterocycles. The molecule has 140 valence electrons. The Morgan fingerprint density at radius 3 is 1.00 bits per heavy atom. The maximum absolute atomic E-state index is 11.5. The van der Waals surface area contributed by atoms with E-state index in [2.05, 4.69) is 13.3 Å². The summed E-state index contributed by atoms with van der Waals surface area (Å²) in [7, 11) is -4.44. The van der Waals surface area contributed by atoms with E-state index in [0.717, 1.165) is 6.55 Å². The van der Waals surface area contributed by atoms with Gasteiger partial charge in [0.2, 0.25) is 0 Å². The third-order valence-electron chi connectivity index (χ3n) is 1.94. The van der Waals surface area contributed by atoms with Gasteiger partial charge in [0.15, 0.2) is 0 Å². The highest BCUT2D eigenvalue weighted by Gasteiger charge is 2.46. The average molecular weight is 388 g/mol. The van der Waals surface area contributed by atoms with Crippen LogP contribution in [0.5, 0.6) is 0 Å². The van der Waals surface area contributed by atoms with Gasteiger partial charge in [0, 0.05) is 43.0 Å². The van der Waals surface area contributed by atoms with Crippen molar-refractivity contribution in [2.24, 2.45) is 0 Å². The standard InChI is InChI=1S/C13H12O12Si/c1-26(23-11(20)5-2-8(14)15,24-12(21)6-3-9(16)17)25-13(22)7-4-10(18)19/h2-7H,1H3,(H,14,15)(H,16,17)(H,18,19)/b5-2+,6-3+,7-4+. The number of rotatable bonds is 9. The van der Waals surface area contributed by atoms with Crippen LogP contribution < -0.4 is 0 Å². The number of hydrogen-bond acceptors (Lipinski definition) is 9. The van der Waals surface area contributed by atoms with Gasteiger partial charge in [-0.15, -0.1) is 0 Å². The van der Waals surface area contributed by atoms with Crippen molar-refractivity contribution in [1.29, 1.82) is 0 Å². The minimum absolute atomic E-state index is 0.398. The number of carbonyl (C=O) groups is 6. The number of carbonyl (C=O) groups excluding carboxylic acids is 3. The molecular weight excluding hydrogens is 376 g/mol. The summed E-state index contributed by atoms with van der Waals surface area (Å²) >= 11 is 0. The van der Waals surface area contributed by atoms with E-state index in [1.165, 1.54) is 0 Å². The molecule has 3 N–H and O–H groups in total. The number of hydrogen-bond donors (Lipinski definition) is 3. The summed E-state index contributed by atoms with van der Waals surface area (Å²) in [6.07, 6.45) is 2.51. The molecule has 0 aliphatic rings. The van der Waals surface area contributed by atoms with Crippen molar-refractivity contribution in [3.8, 4) is 0 Å². The second kappa shape index (κ2) is 10.2. The Balaban J connectivity index is 5.35. The van der Waals surface area contributed by atoms with Crippen molar-refractivity contribution < 1.29 is 57.4 Å². The lowest BCUT2D eigenvalue weighted by atomic mass is 10.5. The molecule has 0 aliphatic carbocycles. The highest BCUT2D eigenvalue weighted by Crippen LogP contribution is 2.12. The number of carboxylic acids is 3. The first-order valence-corrected chi connectivity index (χ1v) is 8.58. The van der Waals surface area contributed by atoms with Gasteiger partial charge in [-0.3, -0.25) is 0 Å². The zero-order chi connectivity index (χ0) is 20.3. The van der Waals surface area contributed by atoms with Gasteiger partial charge in [0.25, 0.3) is 0 Å². The van der Waals surface area contributed by atoms with E-state index >= 15 is 0 Å². The van der Waals surface area contributed by atoms with Crippen molar-refractivity contribution in [3.05, 3.63) is 36.5 Å². The average Bonchev–Trinajstić information content (AvgIpc) is 2.48. The van der Waals surface area contributed by atoms with Crippen molar-refractivity contribution in [3.63, 3.8) is 0 Å². The van der Waals surface area contributed by atoms with Crippen molar-refractivity contribution in [2.45, 2.75) is 6.55 Å². The molecule has 0 saturated heterocycles. The fourth-order valence-electron chi connectivity index (χ4n) is 1.13. The van der Waals surface area contributed by atoms with Crippen molar-refractivity contribution in [1.82, 2.24) is 0 Å². The lowest BCUT2D eigenvalue weighted by Crippen LogP contribution is -2.46. The molecule has 0 saturated carbocycles. The maximum Gasteiger partial charge on any atom is 0.702 e. The van der Waals surface area contributed by atoms with E-state index in [0.29, 0.717) is 36.5 Å². The number of carboxylic acid groups (broad SMARTS) is 3. The van der Waals surface area contributed by atoms with Crippen LogP contribution in [-0.4, -0.2) is 59.9 Å². The van der Waals surface area contributed by atoms with Crippen LogP contribution in [0.15, 0.2) is 36.5 Å². The molecule has 0 radical (unpaired) electrons. The molecule has 26 heavy (non-hydrogen) atoms. The first-order valence-electron chi connectivity index (χ1n) is 6.35. The lowest BCUT2D eigenvalue weighted by Gasteiger charge is -2.22. The highest BCUT2D eigenvalue weighted by molar-refractivity contribution is 6.64. The van der Waals surface area contributed by atoms with Gasteiger partial charge in [-0.2, -0.15) is 0 Å². The number of aliphatic carboxylic acids is 3. The van der Waals surface area contributed by atoms with Gasteiger partial charge in [-0.25, -0.2) is 28.8 Å². The molecule has 0 amide bonds. The Bertz CT molecular complexity index is 609. The molecule has 0 aromatic carbocycles. The fourth-order valence-corrected chi connectivity index (χ4v) is 2.56. The molecule has 0 atom stereocenters. The molecule has 0 aromatic rings. The minimum Gasteiger partial charge on any atom is -0.478 e. The normalized spacial score (nSPS) is 11.4. The van der Waals surface area contributed by atoms with Crippen LogP contribution in [0.3, 0.4) is 0 Å². The second-order valence-electron chi connectivity index (χ2n) is 4.14. The zero-order valence-corrected chi connectivity index (χ0v) is 14.0. The first kappa shape index (κ1) is 22.3. The monoisotopic (exact) mass is 388 g/mol. The highest BCUT2D eigenvalue weighted by atomic mass is 28.4. The van der Waals surface area contributed by atoms with Crippen LogP contribution in [0, 0.1) is 0 Å². The van der Waals surface area contributed by atoms with E-state index in [4.69, 9.17) is 15.3 Å². The second-order valence-corrected chi connectivity index (χ2v) is 6.48. The Morgan fingerprint density at radius 2 is 0.808 bits per heavy atom. The Morgan fingerprint density at radius 1 is 0.577 bits per heavy atom. The van der Waals surface area contributed by atoms with E-state index in [-0.39, 0.29) is 0 Å². The van der Waals surface area contributed by atoms with Gasteiger partial charge >= 0.3 is 44.6 Å². The minimum atomic E-state index is -4.44. The van der Waals surface area contributed by atoms with Crippen molar-refractivity contribution in [2.75, 3.05) is 0 Å². The molecule has 13 heteroatoms. The van der Waals surface area contributed by atoms with E-state index < -0.39 is 44.6 Å². The van der Waals surface area contributed by atoms with E-state index in [1.807, 2.05) is 0 Å². The summed E-state index contributed by atoms with van der Waals surface area (Å²) in [6.45, 7) is 0.887. The summed E-state index contributed by atoms with van der Waals surface area (Å²) in [6, 6.07) is 0. The van der Waals surface area contributed by atoms with Crippen LogP contribution in [0.4, 0.5) is 0 Å². The molecular formula is C13H12O12Si. The summed E-state index contributed by atoms with van der Waals surface area (Å²) < 4.78 is 13.9. The molecule has 0 aliphatic heterocycles. The van der Waals surface area contributed by atoms with Gasteiger partial charge < -0.3 is 28.6 Å². The zero-order valence-electron chi connectivity index (χ0n) is 13.0. The first-order chi connectivity index (χ1) is 11.9. The Kier molecular flexibility index (Phi) is 8.72. The Hall–Kier alpha value is -3.74. The Labute approximate surface area is 145 Å². The van der Waals surface area contributed by atoms with Crippen LogP contribution in [0.1, 0.15) is 0 Å². The summed E-state index contributed by atoms with van der Waals surface area (Å²) in [5, 5.41) is 25.2. The quantitative estimate of drug-likeness (QED) is 0.326. The van der Waals surface area contributed by atoms with Crippen LogP contribution in [0.25, 0.3) is 0 Å².